The largest absolute Gasteiger partial charge is 0.397 e. The van der Waals surface area contributed by atoms with E-state index in [-0.39, 0.29) is 5.54 Å². The lowest BCUT2D eigenvalue weighted by Gasteiger charge is -2.26. The Hall–Kier alpha value is -2.08. The summed E-state index contributed by atoms with van der Waals surface area (Å²) in [6.07, 6.45) is 1.77. The molecule has 1 amide bonds. The zero-order valence-corrected chi connectivity index (χ0v) is 11.6. The van der Waals surface area contributed by atoms with E-state index in [0.717, 1.165) is 10.7 Å². The third kappa shape index (κ3) is 2.85. The lowest BCUT2D eigenvalue weighted by molar-refractivity contribution is 0.100. The predicted octanol–water partition coefficient (Wildman–Crippen LogP) is 2.17. The molecule has 0 saturated heterocycles. The van der Waals surface area contributed by atoms with Gasteiger partial charge in [-0.25, -0.2) is 4.98 Å². The van der Waals surface area contributed by atoms with Crippen molar-refractivity contribution >= 4 is 28.6 Å². The number of anilines is 2. The van der Waals surface area contributed by atoms with Gasteiger partial charge in [0.1, 0.15) is 5.01 Å². The fourth-order valence-electron chi connectivity index (χ4n) is 1.75. The molecule has 2 aromatic rings. The van der Waals surface area contributed by atoms with Gasteiger partial charge in [0.05, 0.1) is 16.9 Å². The van der Waals surface area contributed by atoms with Crippen molar-refractivity contribution < 1.29 is 4.79 Å². The van der Waals surface area contributed by atoms with E-state index in [2.05, 4.69) is 10.3 Å². The van der Waals surface area contributed by atoms with Crippen LogP contribution in [0.4, 0.5) is 11.4 Å². The number of amides is 1. The first kappa shape index (κ1) is 13.4. The highest BCUT2D eigenvalue weighted by Crippen LogP contribution is 2.30. The van der Waals surface area contributed by atoms with Gasteiger partial charge in [-0.2, -0.15) is 0 Å². The summed E-state index contributed by atoms with van der Waals surface area (Å²) in [5.74, 6) is -0.488. The zero-order valence-electron chi connectivity index (χ0n) is 10.8. The summed E-state index contributed by atoms with van der Waals surface area (Å²) < 4.78 is 0. The molecule has 1 aromatic carbocycles. The van der Waals surface area contributed by atoms with Gasteiger partial charge in [0.15, 0.2) is 0 Å². The smallest absolute Gasteiger partial charge is 0.248 e. The molecule has 0 atom stereocenters. The first-order chi connectivity index (χ1) is 8.90. The van der Waals surface area contributed by atoms with E-state index in [9.17, 15) is 4.79 Å². The normalized spacial score (nSPS) is 11.3. The van der Waals surface area contributed by atoms with Crippen LogP contribution in [0.15, 0.2) is 29.8 Å². The molecule has 100 valence electrons. The summed E-state index contributed by atoms with van der Waals surface area (Å²) in [5, 5.41) is 6.22. The standard InChI is InChI=1S/C13H16N4OS/c1-13(2,12-16-5-6-19-12)17-10-4-3-8(11(15)18)7-9(10)14/h3-7,17H,14H2,1-2H3,(H2,15,18). The van der Waals surface area contributed by atoms with Crippen molar-refractivity contribution in [1.82, 2.24) is 4.98 Å². The SMILES string of the molecule is CC(C)(Nc1ccc(C(N)=O)cc1N)c1nccs1. The Labute approximate surface area is 115 Å². The van der Waals surface area contributed by atoms with Crippen molar-refractivity contribution in [2.45, 2.75) is 19.4 Å². The Balaban J connectivity index is 2.27. The fourth-order valence-corrected chi connectivity index (χ4v) is 2.47. The molecule has 0 fully saturated rings. The second-order valence-corrected chi connectivity index (χ2v) is 5.65. The Morgan fingerprint density at radius 1 is 1.42 bits per heavy atom. The summed E-state index contributed by atoms with van der Waals surface area (Å²) in [6, 6.07) is 4.98. The minimum atomic E-state index is -0.488. The third-order valence-electron chi connectivity index (χ3n) is 2.75. The van der Waals surface area contributed by atoms with E-state index in [1.807, 2.05) is 19.2 Å². The van der Waals surface area contributed by atoms with Crippen molar-refractivity contribution in [3.05, 3.63) is 40.3 Å². The number of primary amides is 1. The maximum atomic E-state index is 11.1. The molecule has 1 aromatic heterocycles. The molecule has 1 heterocycles. The molecule has 5 N–H and O–H groups in total. The van der Waals surface area contributed by atoms with Gasteiger partial charge in [-0.3, -0.25) is 4.79 Å². The fraction of sp³-hybridized carbons (Fsp3) is 0.231. The third-order valence-corrected chi connectivity index (χ3v) is 3.85. The van der Waals surface area contributed by atoms with Crippen molar-refractivity contribution in [2.75, 3.05) is 11.1 Å². The number of carbonyl (C=O) groups is 1. The number of nitrogens with two attached hydrogens (primary N) is 2. The molecule has 0 aliphatic carbocycles. The quantitative estimate of drug-likeness (QED) is 0.746. The predicted molar refractivity (Wildman–Crippen MR) is 78.1 cm³/mol. The van der Waals surface area contributed by atoms with Crippen LogP contribution in [0.25, 0.3) is 0 Å². The molecule has 0 aliphatic heterocycles. The van der Waals surface area contributed by atoms with Crippen molar-refractivity contribution in [3.63, 3.8) is 0 Å². The summed E-state index contributed by atoms with van der Waals surface area (Å²) in [4.78, 5) is 15.4. The number of nitrogens with one attached hydrogen (secondary N) is 1. The minimum absolute atomic E-state index is 0.337. The number of hydrogen-bond acceptors (Lipinski definition) is 5. The molecular formula is C13H16N4OS. The monoisotopic (exact) mass is 276 g/mol. The zero-order chi connectivity index (χ0) is 14.0. The van der Waals surface area contributed by atoms with Crippen molar-refractivity contribution in [2.24, 2.45) is 5.73 Å². The number of hydrogen-bond donors (Lipinski definition) is 3. The minimum Gasteiger partial charge on any atom is -0.397 e. The van der Waals surface area contributed by atoms with Gasteiger partial charge in [0.2, 0.25) is 5.91 Å². The molecule has 19 heavy (non-hydrogen) atoms. The van der Waals surface area contributed by atoms with Gasteiger partial charge in [-0.1, -0.05) is 0 Å². The van der Waals surface area contributed by atoms with Gasteiger partial charge in [-0.05, 0) is 32.0 Å². The second-order valence-electron chi connectivity index (χ2n) is 4.75. The van der Waals surface area contributed by atoms with Crippen LogP contribution < -0.4 is 16.8 Å². The Morgan fingerprint density at radius 3 is 2.68 bits per heavy atom. The van der Waals surface area contributed by atoms with Crippen LogP contribution in [-0.2, 0) is 5.54 Å². The number of aromatic nitrogens is 1. The first-order valence-electron chi connectivity index (χ1n) is 5.77. The van der Waals surface area contributed by atoms with Gasteiger partial charge < -0.3 is 16.8 Å². The van der Waals surface area contributed by atoms with Gasteiger partial charge in [0.25, 0.3) is 0 Å². The van der Waals surface area contributed by atoms with E-state index >= 15 is 0 Å². The molecule has 0 spiro atoms. The Morgan fingerprint density at radius 2 is 2.16 bits per heavy atom. The van der Waals surface area contributed by atoms with E-state index in [1.54, 1.807) is 35.7 Å². The Bertz CT molecular complexity index is 593. The van der Waals surface area contributed by atoms with Gasteiger partial charge >= 0.3 is 0 Å². The summed E-state index contributed by atoms with van der Waals surface area (Å²) in [5.41, 5.74) is 12.4. The van der Waals surface area contributed by atoms with Gasteiger partial charge in [-0.15, -0.1) is 11.3 Å². The highest BCUT2D eigenvalue weighted by molar-refractivity contribution is 7.09. The number of carbonyl (C=O) groups excluding carboxylic acids is 1. The van der Waals surface area contributed by atoms with Crippen molar-refractivity contribution in [1.29, 1.82) is 0 Å². The Kier molecular flexibility index (Phi) is 3.44. The molecule has 0 saturated carbocycles. The maximum absolute atomic E-state index is 11.1. The average molecular weight is 276 g/mol. The van der Waals surface area contributed by atoms with Crippen LogP contribution in [0.2, 0.25) is 0 Å². The topological polar surface area (TPSA) is 94.0 Å². The van der Waals surface area contributed by atoms with Crippen LogP contribution in [0.5, 0.6) is 0 Å². The van der Waals surface area contributed by atoms with Crippen molar-refractivity contribution in [3.8, 4) is 0 Å². The van der Waals surface area contributed by atoms with Crippen LogP contribution in [-0.4, -0.2) is 10.9 Å². The molecule has 2 rings (SSSR count). The van der Waals surface area contributed by atoms with E-state index in [0.29, 0.717) is 11.3 Å². The number of benzene rings is 1. The lowest BCUT2D eigenvalue weighted by Crippen LogP contribution is -2.28. The molecule has 5 nitrogen and oxygen atoms in total. The number of rotatable bonds is 4. The lowest BCUT2D eigenvalue weighted by atomic mass is 10.0. The first-order valence-corrected chi connectivity index (χ1v) is 6.65. The van der Waals surface area contributed by atoms with Gasteiger partial charge in [0, 0.05) is 17.1 Å². The summed E-state index contributed by atoms with van der Waals surface area (Å²) in [6.45, 7) is 4.04. The van der Waals surface area contributed by atoms with E-state index < -0.39 is 5.91 Å². The summed E-state index contributed by atoms with van der Waals surface area (Å²) in [7, 11) is 0. The van der Waals surface area contributed by atoms with Crippen LogP contribution in [0.1, 0.15) is 29.2 Å². The number of nitrogens with zero attached hydrogens (tertiary/aromatic N) is 1. The van der Waals surface area contributed by atoms with Crippen LogP contribution in [0.3, 0.4) is 0 Å². The molecule has 0 aliphatic rings. The van der Waals surface area contributed by atoms with Crippen LogP contribution >= 0.6 is 11.3 Å². The average Bonchev–Trinajstić information content (AvgIpc) is 2.85. The summed E-state index contributed by atoms with van der Waals surface area (Å²) >= 11 is 1.57. The van der Waals surface area contributed by atoms with E-state index in [4.69, 9.17) is 11.5 Å². The second kappa shape index (κ2) is 4.89. The molecule has 0 unspecified atom stereocenters. The highest BCUT2D eigenvalue weighted by Gasteiger charge is 2.23. The van der Waals surface area contributed by atoms with E-state index in [1.165, 1.54) is 0 Å². The molecular weight excluding hydrogens is 260 g/mol. The maximum Gasteiger partial charge on any atom is 0.248 e. The van der Waals surface area contributed by atoms with Crippen LogP contribution in [0, 0.1) is 0 Å². The number of nitrogen functional groups attached to an aromatic ring is 1. The highest BCUT2D eigenvalue weighted by atomic mass is 32.1. The molecule has 0 bridgehead atoms. The number of thiazole rings is 1. The molecule has 6 heteroatoms. The molecule has 0 radical (unpaired) electrons.